The van der Waals surface area contributed by atoms with E-state index in [-0.39, 0.29) is 6.61 Å². The SMILES string of the molecule is CCOC(=O)C1(NC)CCCC1S(C)(=O)=O. The number of carbonyl (C=O) groups is 1. The Balaban J connectivity index is 3.07. The van der Waals surface area contributed by atoms with Crippen molar-refractivity contribution in [3.63, 3.8) is 0 Å². The molecule has 1 aliphatic rings. The first-order valence-corrected chi connectivity index (χ1v) is 7.39. The van der Waals surface area contributed by atoms with Gasteiger partial charge in [-0.2, -0.15) is 0 Å². The Kier molecular flexibility index (Phi) is 3.96. The summed E-state index contributed by atoms with van der Waals surface area (Å²) < 4.78 is 28.3. The molecule has 1 N–H and O–H groups in total. The lowest BCUT2D eigenvalue weighted by atomic mass is 9.98. The molecule has 0 amide bonds. The fraction of sp³-hybridized carbons (Fsp3) is 0.900. The van der Waals surface area contributed by atoms with Crippen LogP contribution in [-0.2, 0) is 19.4 Å². The van der Waals surface area contributed by atoms with Gasteiger partial charge in [0, 0.05) is 6.26 Å². The van der Waals surface area contributed by atoms with Gasteiger partial charge in [-0.3, -0.25) is 4.79 Å². The second-order valence-corrected chi connectivity index (χ2v) is 6.38. The topological polar surface area (TPSA) is 72.5 Å². The molecule has 0 spiro atoms. The van der Waals surface area contributed by atoms with E-state index in [9.17, 15) is 13.2 Å². The van der Waals surface area contributed by atoms with Crippen LogP contribution in [0.25, 0.3) is 0 Å². The molecule has 5 nitrogen and oxygen atoms in total. The zero-order chi connectivity index (χ0) is 12.4. The van der Waals surface area contributed by atoms with E-state index in [0.717, 1.165) is 6.42 Å². The summed E-state index contributed by atoms with van der Waals surface area (Å²) in [5.41, 5.74) is -1.05. The van der Waals surface area contributed by atoms with Gasteiger partial charge in [0.2, 0.25) is 0 Å². The van der Waals surface area contributed by atoms with E-state index in [4.69, 9.17) is 4.74 Å². The van der Waals surface area contributed by atoms with Gasteiger partial charge in [0.25, 0.3) is 0 Å². The highest BCUT2D eigenvalue weighted by Gasteiger charge is 2.53. The summed E-state index contributed by atoms with van der Waals surface area (Å²) in [6.07, 6.45) is 2.92. The van der Waals surface area contributed by atoms with Gasteiger partial charge in [0.05, 0.1) is 11.9 Å². The molecule has 0 saturated heterocycles. The second kappa shape index (κ2) is 4.71. The normalized spacial score (nSPS) is 30.3. The first-order chi connectivity index (χ1) is 7.38. The quantitative estimate of drug-likeness (QED) is 0.716. The third-order valence-corrected chi connectivity index (χ3v) is 4.86. The second-order valence-electron chi connectivity index (χ2n) is 4.15. The smallest absolute Gasteiger partial charge is 0.327 e. The molecule has 94 valence electrons. The Morgan fingerprint density at radius 1 is 1.56 bits per heavy atom. The number of carbonyl (C=O) groups excluding carboxylic acids is 1. The molecule has 0 aromatic heterocycles. The molecular weight excluding hydrogens is 230 g/mol. The summed E-state index contributed by atoms with van der Waals surface area (Å²) in [4.78, 5) is 11.9. The minimum absolute atomic E-state index is 0.263. The van der Waals surface area contributed by atoms with Crippen LogP contribution < -0.4 is 5.32 Å². The molecule has 0 heterocycles. The number of hydrogen-bond acceptors (Lipinski definition) is 5. The zero-order valence-corrected chi connectivity index (χ0v) is 10.8. The highest BCUT2D eigenvalue weighted by atomic mass is 32.2. The Bertz CT molecular complexity index is 365. The minimum Gasteiger partial charge on any atom is -0.465 e. The van der Waals surface area contributed by atoms with Gasteiger partial charge >= 0.3 is 5.97 Å². The van der Waals surface area contributed by atoms with E-state index < -0.39 is 26.6 Å². The largest absolute Gasteiger partial charge is 0.465 e. The number of esters is 1. The van der Waals surface area contributed by atoms with Crippen molar-refractivity contribution >= 4 is 15.8 Å². The summed E-state index contributed by atoms with van der Waals surface area (Å²) in [5.74, 6) is -0.453. The molecule has 0 radical (unpaired) electrons. The van der Waals surface area contributed by atoms with E-state index in [1.165, 1.54) is 6.26 Å². The molecule has 0 bridgehead atoms. The summed E-state index contributed by atoms with van der Waals surface area (Å²) in [5, 5.41) is 2.19. The lowest BCUT2D eigenvalue weighted by Crippen LogP contribution is -2.58. The molecule has 1 aliphatic carbocycles. The van der Waals surface area contributed by atoms with Gasteiger partial charge < -0.3 is 10.1 Å². The lowest BCUT2D eigenvalue weighted by Gasteiger charge is -2.31. The van der Waals surface area contributed by atoms with E-state index in [1.54, 1.807) is 14.0 Å². The van der Waals surface area contributed by atoms with Crippen LogP contribution in [0.4, 0.5) is 0 Å². The predicted molar refractivity (Wildman–Crippen MR) is 60.9 cm³/mol. The minimum atomic E-state index is -3.25. The molecule has 6 heteroatoms. The first-order valence-electron chi connectivity index (χ1n) is 5.43. The van der Waals surface area contributed by atoms with Crippen molar-refractivity contribution in [3.8, 4) is 0 Å². The van der Waals surface area contributed by atoms with Crippen LogP contribution in [0.5, 0.6) is 0 Å². The number of likely N-dealkylation sites (N-methyl/N-ethyl adjacent to an activating group) is 1. The summed E-state index contributed by atoms with van der Waals surface area (Å²) in [6, 6.07) is 0. The maximum Gasteiger partial charge on any atom is 0.327 e. The van der Waals surface area contributed by atoms with E-state index in [0.29, 0.717) is 12.8 Å². The Morgan fingerprint density at radius 3 is 2.62 bits per heavy atom. The van der Waals surface area contributed by atoms with Crippen molar-refractivity contribution in [2.45, 2.75) is 37.0 Å². The third kappa shape index (κ3) is 2.22. The molecular formula is C10H19NO4S. The van der Waals surface area contributed by atoms with Crippen LogP contribution in [0.3, 0.4) is 0 Å². The molecule has 16 heavy (non-hydrogen) atoms. The number of hydrogen-bond donors (Lipinski definition) is 1. The van der Waals surface area contributed by atoms with Crippen molar-refractivity contribution in [2.75, 3.05) is 19.9 Å². The molecule has 1 saturated carbocycles. The molecule has 2 unspecified atom stereocenters. The highest BCUT2D eigenvalue weighted by Crippen LogP contribution is 2.35. The standard InChI is InChI=1S/C10H19NO4S/c1-4-15-9(12)10(11-2)7-5-6-8(10)16(3,13)14/h8,11H,4-7H2,1-3H3. The van der Waals surface area contributed by atoms with Gasteiger partial charge in [-0.1, -0.05) is 0 Å². The Morgan fingerprint density at radius 2 is 2.19 bits per heavy atom. The van der Waals surface area contributed by atoms with Crippen LogP contribution in [0.15, 0.2) is 0 Å². The number of nitrogens with one attached hydrogen (secondary N) is 1. The van der Waals surface area contributed by atoms with Crippen molar-refractivity contribution in [3.05, 3.63) is 0 Å². The molecule has 0 aliphatic heterocycles. The van der Waals surface area contributed by atoms with Gasteiger partial charge in [0.15, 0.2) is 9.84 Å². The Hall–Kier alpha value is -0.620. The maximum absolute atomic E-state index is 11.9. The van der Waals surface area contributed by atoms with Gasteiger partial charge in [0.1, 0.15) is 5.54 Å². The molecule has 2 atom stereocenters. The zero-order valence-electron chi connectivity index (χ0n) is 9.95. The predicted octanol–water partition coefficient (Wildman–Crippen LogP) is 0.105. The molecule has 0 aromatic rings. The fourth-order valence-electron chi connectivity index (χ4n) is 2.43. The first kappa shape index (κ1) is 13.4. The van der Waals surface area contributed by atoms with Crippen LogP contribution in [0.2, 0.25) is 0 Å². The lowest BCUT2D eigenvalue weighted by molar-refractivity contribution is -0.150. The van der Waals surface area contributed by atoms with E-state index in [2.05, 4.69) is 5.32 Å². The average molecular weight is 249 g/mol. The van der Waals surface area contributed by atoms with Crippen LogP contribution in [0, 0.1) is 0 Å². The van der Waals surface area contributed by atoms with Crippen molar-refractivity contribution in [1.82, 2.24) is 5.32 Å². The van der Waals surface area contributed by atoms with Gasteiger partial charge in [-0.25, -0.2) is 8.42 Å². The monoisotopic (exact) mass is 249 g/mol. The van der Waals surface area contributed by atoms with E-state index in [1.807, 2.05) is 0 Å². The van der Waals surface area contributed by atoms with Gasteiger partial charge in [-0.15, -0.1) is 0 Å². The average Bonchev–Trinajstić information content (AvgIpc) is 2.62. The summed E-state index contributed by atoms with van der Waals surface area (Å²) >= 11 is 0. The number of sulfone groups is 1. The van der Waals surface area contributed by atoms with Gasteiger partial charge in [-0.05, 0) is 33.2 Å². The third-order valence-electron chi connectivity index (χ3n) is 3.19. The molecule has 0 aromatic carbocycles. The van der Waals surface area contributed by atoms with Crippen molar-refractivity contribution < 1.29 is 17.9 Å². The number of rotatable bonds is 4. The summed E-state index contributed by atoms with van der Waals surface area (Å²) in [6.45, 7) is 1.98. The van der Waals surface area contributed by atoms with Crippen LogP contribution in [0.1, 0.15) is 26.2 Å². The molecule has 1 rings (SSSR count). The van der Waals surface area contributed by atoms with Crippen LogP contribution in [-0.4, -0.2) is 45.1 Å². The maximum atomic E-state index is 11.9. The van der Waals surface area contributed by atoms with Crippen molar-refractivity contribution in [1.29, 1.82) is 0 Å². The fourth-order valence-corrected chi connectivity index (χ4v) is 4.09. The Labute approximate surface area is 96.5 Å². The number of ether oxygens (including phenoxy) is 1. The summed E-state index contributed by atoms with van der Waals surface area (Å²) in [7, 11) is -1.64. The van der Waals surface area contributed by atoms with Crippen molar-refractivity contribution in [2.24, 2.45) is 0 Å². The van der Waals surface area contributed by atoms with Crippen LogP contribution >= 0.6 is 0 Å². The highest BCUT2D eigenvalue weighted by molar-refractivity contribution is 7.91. The molecule has 1 fully saturated rings. The van der Waals surface area contributed by atoms with E-state index >= 15 is 0 Å².